The van der Waals surface area contributed by atoms with Crippen LogP contribution >= 0.6 is 0 Å². The van der Waals surface area contributed by atoms with E-state index in [1.165, 1.54) is 0 Å². The summed E-state index contributed by atoms with van der Waals surface area (Å²) in [5, 5.41) is 7.50. The van der Waals surface area contributed by atoms with E-state index >= 15 is 0 Å². The number of carbonyl (C=O) groups excluding carboxylic acids is 1. The van der Waals surface area contributed by atoms with Crippen LogP contribution in [-0.2, 0) is 4.74 Å². The number of hydrogen-bond donors (Lipinski definition) is 2. The van der Waals surface area contributed by atoms with Gasteiger partial charge in [-0.3, -0.25) is 5.41 Å². The molecule has 0 radical (unpaired) electrons. The second-order valence-corrected chi connectivity index (χ2v) is 5.63. The van der Waals surface area contributed by atoms with Crippen LogP contribution in [0, 0.1) is 10.8 Å². The van der Waals surface area contributed by atoms with E-state index in [0.29, 0.717) is 13.1 Å². The lowest BCUT2D eigenvalue weighted by atomic mass is 9.89. The third kappa shape index (κ3) is 2.87. The number of hydrogen-bond acceptors (Lipinski definition) is 3. The van der Waals surface area contributed by atoms with Gasteiger partial charge in [-0.05, 0) is 27.2 Å². The molecule has 92 valence electrons. The molecule has 1 heterocycles. The van der Waals surface area contributed by atoms with E-state index in [1.807, 2.05) is 27.7 Å². The number of nitrogens with zero attached hydrogens (tertiary/aromatic N) is 1. The Hall–Kier alpha value is -1.26. The molecule has 16 heavy (non-hydrogen) atoms. The lowest BCUT2D eigenvalue weighted by Crippen LogP contribution is -2.40. The van der Waals surface area contributed by atoms with E-state index in [2.05, 4.69) is 0 Å². The van der Waals surface area contributed by atoms with E-state index in [0.717, 1.165) is 6.42 Å². The van der Waals surface area contributed by atoms with Gasteiger partial charge in [-0.1, -0.05) is 6.92 Å². The van der Waals surface area contributed by atoms with Crippen LogP contribution in [0.5, 0.6) is 0 Å². The summed E-state index contributed by atoms with van der Waals surface area (Å²) in [5.74, 6) is 0.138. The summed E-state index contributed by atoms with van der Waals surface area (Å²) in [6, 6.07) is 0. The number of amidine groups is 1. The first-order chi connectivity index (χ1) is 7.14. The highest BCUT2D eigenvalue weighted by Gasteiger charge is 2.39. The largest absolute Gasteiger partial charge is 0.444 e. The van der Waals surface area contributed by atoms with Crippen molar-refractivity contribution >= 4 is 11.9 Å². The molecule has 0 aromatic rings. The van der Waals surface area contributed by atoms with Crippen molar-refractivity contribution in [3.8, 4) is 0 Å². The van der Waals surface area contributed by atoms with Crippen LogP contribution in [0.25, 0.3) is 0 Å². The summed E-state index contributed by atoms with van der Waals surface area (Å²) in [4.78, 5) is 13.4. The number of rotatable bonds is 1. The molecule has 0 bridgehead atoms. The van der Waals surface area contributed by atoms with Crippen molar-refractivity contribution in [1.82, 2.24) is 4.90 Å². The summed E-state index contributed by atoms with van der Waals surface area (Å²) < 4.78 is 5.27. The van der Waals surface area contributed by atoms with Crippen molar-refractivity contribution in [2.45, 2.75) is 39.7 Å². The maximum Gasteiger partial charge on any atom is 0.410 e. The average molecular weight is 227 g/mol. The van der Waals surface area contributed by atoms with Crippen molar-refractivity contribution in [3.63, 3.8) is 0 Å². The van der Waals surface area contributed by atoms with Crippen LogP contribution in [0.1, 0.15) is 34.1 Å². The highest BCUT2D eigenvalue weighted by atomic mass is 16.6. The smallest absolute Gasteiger partial charge is 0.410 e. The van der Waals surface area contributed by atoms with E-state index in [1.54, 1.807) is 4.90 Å². The minimum absolute atomic E-state index is 0.138. The molecular weight excluding hydrogens is 206 g/mol. The Balaban J connectivity index is 2.60. The third-order valence-electron chi connectivity index (χ3n) is 2.78. The SMILES string of the molecule is CC(C)(C)OC(=O)N1CCC(C)(C(=N)N)C1. The maximum atomic E-state index is 11.8. The lowest BCUT2D eigenvalue weighted by molar-refractivity contribution is 0.0284. The lowest BCUT2D eigenvalue weighted by Gasteiger charge is -2.26. The van der Waals surface area contributed by atoms with Gasteiger partial charge in [-0.15, -0.1) is 0 Å². The van der Waals surface area contributed by atoms with Gasteiger partial charge < -0.3 is 15.4 Å². The monoisotopic (exact) mass is 227 g/mol. The Morgan fingerprint density at radius 1 is 1.50 bits per heavy atom. The fraction of sp³-hybridized carbons (Fsp3) is 0.818. The highest BCUT2D eigenvalue weighted by molar-refractivity contribution is 5.84. The zero-order chi connectivity index (χ0) is 12.6. The van der Waals surface area contributed by atoms with Crippen LogP contribution in [0.4, 0.5) is 4.79 Å². The van der Waals surface area contributed by atoms with Crippen molar-refractivity contribution in [2.75, 3.05) is 13.1 Å². The molecule has 5 heteroatoms. The van der Waals surface area contributed by atoms with Gasteiger partial charge >= 0.3 is 6.09 Å². The Kier molecular flexibility index (Phi) is 3.17. The minimum Gasteiger partial charge on any atom is -0.444 e. The summed E-state index contributed by atoms with van der Waals surface area (Å²) >= 11 is 0. The average Bonchev–Trinajstić information content (AvgIpc) is 2.46. The van der Waals surface area contributed by atoms with Crippen molar-refractivity contribution in [2.24, 2.45) is 11.1 Å². The first-order valence-corrected chi connectivity index (χ1v) is 5.46. The van der Waals surface area contributed by atoms with Crippen LogP contribution < -0.4 is 5.73 Å². The van der Waals surface area contributed by atoms with E-state index in [4.69, 9.17) is 15.9 Å². The minimum atomic E-state index is -0.480. The molecule has 1 atom stereocenters. The van der Waals surface area contributed by atoms with Crippen molar-refractivity contribution in [3.05, 3.63) is 0 Å². The van der Waals surface area contributed by atoms with Gasteiger partial charge in [0, 0.05) is 18.5 Å². The predicted molar refractivity (Wildman–Crippen MR) is 62.4 cm³/mol. The number of amides is 1. The molecular formula is C11H21N3O2. The Labute approximate surface area is 96.4 Å². The Morgan fingerprint density at radius 3 is 2.44 bits per heavy atom. The summed E-state index contributed by atoms with van der Waals surface area (Å²) in [6.07, 6.45) is 0.402. The molecule has 1 amide bonds. The van der Waals surface area contributed by atoms with Crippen LogP contribution in [0.15, 0.2) is 0 Å². The second kappa shape index (κ2) is 3.96. The molecule has 1 rings (SSSR count). The van der Waals surface area contributed by atoms with E-state index in [-0.39, 0.29) is 11.9 Å². The molecule has 0 saturated carbocycles. The molecule has 0 aliphatic carbocycles. The fourth-order valence-electron chi connectivity index (χ4n) is 1.66. The maximum absolute atomic E-state index is 11.8. The molecule has 1 fully saturated rings. The molecule has 1 saturated heterocycles. The Morgan fingerprint density at radius 2 is 2.06 bits per heavy atom. The fourth-order valence-corrected chi connectivity index (χ4v) is 1.66. The van der Waals surface area contributed by atoms with Crippen LogP contribution in [-0.4, -0.2) is 35.5 Å². The van der Waals surface area contributed by atoms with Crippen LogP contribution in [0.3, 0.4) is 0 Å². The van der Waals surface area contributed by atoms with Gasteiger partial charge in [0.25, 0.3) is 0 Å². The molecule has 3 N–H and O–H groups in total. The first kappa shape index (κ1) is 12.8. The molecule has 0 spiro atoms. The molecule has 0 aromatic heterocycles. The Bertz CT molecular complexity index is 309. The predicted octanol–water partition coefficient (Wildman–Crippen LogP) is 1.57. The molecule has 1 aliphatic rings. The number of nitrogens with two attached hydrogens (primary N) is 1. The van der Waals surface area contributed by atoms with Gasteiger partial charge in [-0.25, -0.2) is 4.79 Å². The topological polar surface area (TPSA) is 79.4 Å². The second-order valence-electron chi connectivity index (χ2n) is 5.63. The molecule has 1 aliphatic heterocycles. The molecule has 0 aromatic carbocycles. The number of ether oxygens (including phenoxy) is 1. The van der Waals surface area contributed by atoms with E-state index < -0.39 is 11.0 Å². The van der Waals surface area contributed by atoms with Gasteiger partial charge in [-0.2, -0.15) is 0 Å². The molecule has 1 unspecified atom stereocenters. The van der Waals surface area contributed by atoms with Gasteiger partial charge in [0.2, 0.25) is 0 Å². The van der Waals surface area contributed by atoms with Crippen LogP contribution in [0.2, 0.25) is 0 Å². The molecule has 5 nitrogen and oxygen atoms in total. The van der Waals surface area contributed by atoms with Gasteiger partial charge in [0.1, 0.15) is 5.60 Å². The zero-order valence-corrected chi connectivity index (χ0v) is 10.5. The van der Waals surface area contributed by atoms with E-state index in [9.17, 15) is 4.79 Å². The summed E-state index contributed by atoms with van der Waals surface area (Å²) in [7, 11) is 0. The standard InChI is InChI=1S/C11H21N3O2/c1-10(2,3)16-9(15)14-6-5-11(4,7-14)8(12)13/h5-7H2,1-4H3,(H3,12,13). The van der Waals surface area contributed by atoms with Crippen molar-refractivity contribution < 1.29 is 9.53 Å². The van der Waals surface area contributed by atoms with Crippen molar-refractivity contribution in [1.29, 1.82) is 5.41 Å². The van der Waals surface area contributed by atoms with Gasteiger partial charge in [0.15, 0.2) is 0 Å². The summed E-state index contributed by atoms with van der Waals surface area (Å²) in [6.45, 7) is 8.49. The summed E-state index contributed by atoms with van der Waals surface area (Å²) in [5.41, 5.74) is 4.65. The highest BCUT2D eigenvalue weighted by Crippen LogP contribution is 2.30. The normalized spacial score (nSPS) is 25.6. The third-order valence-corrected chi connectivity index (χ3v) is 2.78. The van der Waals surface area contributed by atoms with Gasteiger partial charge in [0.05, 0.1) is 5.84 Å². The number of carbonyl (C=O) groups is 1. The number of nitrogens with one attached hydrogen (secondary N) is 1. The quantitative estimate of drug-likeness (QED) is 0.527. The first-order valence-electron chi connectivity index (χ1n) is 5.46. The number of likely N-dealkylation sites (tertiary alicyclic amines) is 1. The zero-order valence-electron chi connectivity index (χ0n) is 10.5.